The molecule has 1 aliphatic heterocycles. The minimum atomic E-state index is -0.576. The Bertz CT molecular complexity index is 1100. The maximum atomic E-state index is 12.1. The van der Waals surface area contributed by atoms with E-state index in [2.05, 4.69) is 5.10 Å². The highest BCUT2D eigenvalue weighted by Crippen LogP contribution is 2.29. The molecule has 1 aliphatic rings. The van der Waals surface area contributed by atoms with Gasteiger partial charge in [0.1, 0.15) is 0 Å². The van der Waals surface area contributed by atoms with Gasteiger partial charge >= 0.3 is 0 Å². The van der Waals surface area contributed by atoms with Gasteiger partial charge in [0.25, 0.3) is 5.56 Å². The molecule has 4 rings (SSSR count). The first-order valence-electron chi connectivity index (χ1n) is 9.39. The Hall–Kier alpha value is -2.77. The molecule has 3 aromatic heterocycles. The van der Waals surface area contributed by atoms with Crippen LogP contribution in [-0.4, -0.2) is 38.4 Å². The second-order valence-corrected chi connectivity index (χ2v) is 7.67. The van der Waals surface area contributed by atoms with Gasteiger partial charge in [-0.15, -0.1) is 0 Å². The number of aromatic nitrogens is 4. The van der Waals surface area contributed by atoms with Crippen molar-refractivity contribution < 1.29 is 9.47 Å². The Morgan fingerprint density at radius 3 is 2.57 bits per heavy atom. The van der Waals surface area contributed by atoms with E-state index in [9.17, 15) is 4.79 Å². The van der Waals surface area contributed by atoms with E-state index in [1.54, 1.807) is 12.1 Å². The fourth-order valence-corrected chi connectivity index (χ4v) is 3.20. The SMILES string of the molecule is CC(C)n1nc(-c2c(C=C3COC(C)(C)OC3)nn3ccccc23)ccc1=O. The third-order valence-electron chi connectivity index (χ3n) is 4.69. The molecule has 0 N–H and O–H groups in total. The maximum absolute atomic E-state index is 12.1. The lowest BCUT2D eigenvalue weighted by molar-refractivity contribution is -0.225. The van der Waals surface area contributed by atoms with E-state index >= 15 is 0 Å². The molecule has 1 saturated heterocycles. The predicted molar refractivity (Wildman–Crippen MR) is 107 cm³/mol. The van der Waals surface area contributed by atoms with Gasteiger partial charge < -0.3 is 9.47 Å². The van der Waals surface area contributed by atoms with Gasteiger partial charge in [0, 0.05) is 12.3 Å². The third kappa shape index (κ3) is 3.50. The molecule has 4 heterocycles. The van der Waals surface area contributed by atoms with Gasteiger partial charge in [0.2, 0.25) is 0 Å². The minimum absolute atomic E-state index is 0.0292. The van der Waals surface area contributed by atoms with E-state index in [0.717, 1.165) is 22.3 Å². The fraction of sp³-hybridized carbons (Fsp3) is 0.381. The van der Waals surface area contributed by atoms with Crippen molar-refractivity contribution in [1.29, 1.82) is 0 Å². The van der Waals surface area contributed by atoms with Gasteiger partial charge in [-0.25, -0.2) is 9.20 Å². The van der Waals surface area contributed by atoms with Crippen molar-refractivity contribution in [1.82, 2.24) is 19.4 Å². The van der Waals surface area contributed by atoms with Crippen LogP contribution in [0, 0.1) is 0 Å². The standard InChI is InChI=1S/C21H24N4O3/c1-14(2)25-19(26)9-8-16(23-25)20-17(22-24-10-6-5-7-18(20)24)11-15-12-27-21(3,4)28-13-15/h5-11,14H,12-13H2,1-4H3. The molecular weight excluding hydrogens is 356 g/mol. The van der Waals surface area contributed by atoms with Crippen LogP contribution in [0.5, 0.6) is 0 Å². The van der Waals surface area contributed by atoms with Crippen molar-refractivity contribution >= 4 is 11.6 Å². The van der Waals surface area contributed by atoms with E-state index in [4.69, 9.17) is 14.6 Å². The van der Waals surface area contributed by atoms with Gasteiger partial charge in [-0.1, -0.05) is 6.07 Å². The van der Waals surface area contributed by atoms with Crippen LogP contribution < -0.4 is 5.56 Å². The van der Waals surface area contributed by atoms with Gasteiger partial charge in [-0.05, 0) is 57.5 Å². The van der Waals surface area contributed by atoms with Crippen molar-refractivity contribution in [3.8, 4) is 11.3 Å². The zero-order chi connectivity index (χ0) is 19.9. The van der Waals surface area contributed by atoms with Crippen molar-refractivity contribution in [3.63, 3.8) is 0 Å². The number of hydrogen-bond acceptors (Lipinski definition) is 5. The summed E-state index contributed by atoms with van der Waals surface area (Å²) >= 11 is 0. The maximum Gasteiger partial charge on any atom is 0.267 e. The monoisotopic (exact) mass is 380 g/mol. The Morgan fingerprint density at radius 1 is 1.11 bits per heavy atom. The lowest BCUT2D eigenvalue weighted by Crippen LogP contribution is -2.35. The number of pyridine rings is 1. The normalized spacial score (nSPS) is 16.7. The summed E-state index contributed by atoms with van der Waals surface area (Å²) in [4.78, 5) is 12.1. The zero-order valence-corrected chi connectivity index (χ0v) is 16.5. The molecule has 0 unspecified atom stereocenters. The number of ether oxygens (including phenoxy) is 2. The molecule has 146 valence electrons. The molecule has 7 heteroatoms. The summed E-state index contributed by atoms with van der Waals surface area (Å²) in [5, 5.41) is 9.32. The number of rotatable bonds is 3. The molecule has 0 aromatic carbocycles. The first-order valence-corrected chi connectivity index (χ1v) is 9.39. The second kappa shape index (κ2) is 7.00. The highest BCUT2D eigenvalue weighted by molar-refractivity contribution is 5.85. The second-order valence-electron chi connectivity index (χ2n) is 7.67. The van der Waals surface area contributed by atoms with Crippen molar-refractivity contribution in [2.75, 3.05) is 13.2 Å². The molecule has 1 fully saturated rings. The molecule has 0 saturated carbocycles. The lowest BCUT2D eigenvalue weighted by atomic mass is 10.1. The molecule has 7 nitrogen and oxygen atoms in total. The van der Waals surface area contributed by atoms with Crippen LogP contribution in [0.2, 0.25) is 0 Å². The smallest absolute Gasteiger partial charge is 0.267 e. The van der Waals surface area contributed by atoms with Crippen LogP contribution in [0.1, 0.15) is 39.4 Å². The quantitative estimate of drug-likeness (QED) is 0.697. The Labute approximate surface area is 163 Å². The first-order chi connectivity index (χ1) is 13.3. The highest BCUT2D eigenvalue weighted by atomic mass is 16.7. The Morgan fingerprint density at radius 2 is 1.86 bits per heavy atom. The zero-order valence-electron chi connectivity index (χ0n) is 16.5. The van der Waals surface area contributed by atoms with Gasteiger partial charge in [0.15, 0.2) is 5.79 Å². The van der Waals surface area contributed by atoms with Crippen LogP contribution in [0.15, 0.2) is 46.9 Å². The first kappa shape index (κ1) is 18.6. The number of nitrogens with zero attached hydrogens (tertiary/aromatic N) is 4. The summed E-state index contributed by atoms with van der Waals surface area (Å²) in [6.07, 6.45) is 3.89. The van der Waals surface area contributed by atoms with Crippen molar-refractivity contribution in [3.05, 3.63) is 58.1 Å². The van der Waals surface area contributed by atoms with E-state index in [1.807, 2.05) is 62.7 Å². The van der Waals surface area contributed by atoms with Crippen LogP contribution >= 0.6 is 0 Å². The van der Waals surface area contributed by atoms with Gasteiger partial charge in [-0.3, -0.25) is 4.79 Å². The van der Waals surface area contributed by atoms with E-state index in [-0.39, 0.29) is 11.6 Å². The van der Waals surface area contributed by atoms with Gasteiger partial charge in [0.05, 0.1) is 41.7 Å². The summed E-state index contributed by atoms with van der Waals surface area (Å²) in [6.45, 7) is 8.65. The van der Waals surface area contributed by atoms with E-state index < -0.39 is 5.79 Å². The molecule has 28 heavy (non-hydrogen) atoms. The molecule has 0 amide bonds. The molecule has 0 radical (unpaired) electrons. The summed E-state index contributed by atoms with van der Waals surface area (Å²) in [6, 6.07) is 9.17. The van der Waals surface area contributed by atoms with Crippen LogP contribution in [0.3, 0.4) is 0 Å². The molecule has 0 aliphatic carbocycles. The fourth-order valence-electron chi connectivity index (χ4n) is 3.20. The summed E-state index contributed by atoms with van der Waals surface area (Å²) in [5.74, 6) is -0.576. The number of hydrogen-bond donors (Lipinski definition) is 0. The van der Waals surface area contributed by atoms with Crippen molar-refractivity contribution in [2.45, 2.75) is 39.5 Å². The topological polar surface area (TPSA) is 70.7 Å². The summed E-state index contributed by atoms with van der Waals surface area (Å²) in [7, 11) is 0. The molecule has 0 spiro atoms. The third-order valence-corrected chi connectivity index (χ3v) is 4.69. The van der Waals surface area contributed by atoms with Crippen LogP contribution in [-0.2, 0) is 9.47 Å². The highest BCUT2D eigenvalue weighted by Gasteiger charge is 2.25. The van der Waals surface area contributed by atoms with E-state index in [1.165, 1.54) is 4.68 Å². The average Bonchev–Trinajstić information content (AvgIpc) is 3.01. The van der Waals surface area contributed by atoms with Gasteiger partial charge in [-0.2, -0.15) is 10.2 Å². The van der Waals surface area contributed by atoms with Crippen molar-refractivity contribution in [2.24, 2.45) is 0 Å². The lowest BCUT2D eigenvalue weighted by Gasteiger charge is -2.31. The largest absolute Gasteiger partial charge is 0.346 e. The number of fused-ring (bicyclic) bond motifs is 1. The van der Waals surface area contributed by atoms with Crippen LogP contribution in [0.4, 0.5) is 0 Å². The Kier molecular flexibility index (Phi) is 4.64. The Balaban J connectivity index is 1.85. The average molecular weight is 380 g/mol. The molecule has 0 bridgehead atoms. The van der Waals surface area contributed by atoms with E-state index in [0.29, 0.717) is 18.9 Å². The molecular formula is C21H24N4O3. The summed E-state index contributed by atoms with van der Waals surface area (Å²) in [5.41, 5.74) is 4.17. The van der Waals surface area contributed by atoms with Crippen LogP contribution in [0.25, 0.3) is 22.9 Å². The minimum Gasteiger partial charge on any atom is -0.346 e. The molecule has 3 aromatic rings. The molecule has 0 atom stereocenters. The summed E-state index contributed by atoms with van der Waals surface area (Å²) < 4.78 is 14.8. The predicted octanol–water partition coefficient (Wildman–Crippen LogP) is 3.31.